The average molecular weight is 172 g/mol. The van der Waals surface area contributed by atoms with Gasteiger partial charge in [-0.3, -0.25) is 0 Å². The van der Waals surface area contributed by atoms with Gasteiger partial charge in [-0.2, -0.15) is 0 Å². The second kappa shape index (κ2) is 6.11. The van der Waals surface area contributed by atoms with Crippen LogP contribution in [0.3, 0.4) is 0 Å². The third kappa shape index (κ3) is 5.86. The van der Waals surface area contributed by atoms with E-state index in [1.807, 2.05) is 0 Å². The highest BCUT2D eigenvalue weighted by Crippen LogP contribution is 2.06. The van der Waals surface area contributed by atoms with Gasteiger partial charge in [0.1, 0.15) is 0 Å². The fourth-order valence-electron chi connectivity index (χ4n) is 0.121. The molecule has 0 N–H and O–H groups in total. The normalized spacial score (nSPS) is 30.7. The molecule has 1 unspecified atom stereocenters. The Balaban J connectivity index is 5.30. The number of hydrogen-bond donors (Lipinski definition) is 0. The predicted octanol–water partition coefficient (Wildman–Crippen LogP) is 1.76. The fraction of sp³-hybridized carbons (Fsp3) is 0.333. The van der Waals surface area contributed by atoms with Gasteiger partial charge >= 0.3 is 0 Å². The van der Waals surface area contributed by atoms with Crippen molar-refractivity contribution in [1.82, 2.24) is 0 Å². The summed E-state index contributed by atoms with van der Waals surface area (Å²) in [5, 5.41) is 0. The van der Waals surface area contributed by atoms with Crippen LogP contribution in [0.1, 0.15) is 13.7 Å². The van der Waals surface area contributed by atoms with Crippen molar-refractivity contribution in [1.29, 1.82) is 0 Å². The van der Waals surface area contributed by atoms with Crippen molar-refractivity contribution in [3.8, 4) is 0 Å². The Labute approximate surface area is 76.1 Å². The van der Waals surface area contributed by atoms with Crippen molar-refractivity contribution >= 4 is 20.6 Å². The van der Waals surface area contributed by atoms with Crippen LogP contribution in [-0.2, 0) is 9.83 Å². The zero-order valence-electron chi connectivity index (χ0n) is 14.2. The van der Waals surface area contributed by atoms with Gasteiger partial charge in [0.05, 0.1) is 23.8 Å². The summed E-state index contributed by atoms with van der Waals surface area (Å²) in [7, 11) is -2.90. The Morgan fingerprint density at radius 1 is 1.89 bits per heavy atom. The van der Waals surface area contributed by atoms with Gasteiger partial charge in [-0.05, 0) is 0 Å². The molecule has 0 heterocycles. The Kier molecular flexibility index (Phi) is 1.20. The maximum Gasteiger partial charge on any atom is 0.0845 e. The van der Waals surface area contributed by atoms with E-state index < -0.39 is 46.4 Å². The minimum atomic E-state index is -2.94. The molecule has 1 atom stereocenters. The molecule has 0 spiro atoms. The Morgan fingerprint density at radius 2 is 2.67 bits per heavy atom. The molecular weight excluding hydrogens is 152 g/mol. The molecule has 0 radical (unpaired) electrons. The molecular formula is C6H10OS2. The molecule has 0 amide bonds. The van der Waals surface area contributed by atoms with Crippen molar-refractivity contribution in [3.05, 3.63) is 25.2 Å². The largest absolute Gasteiger partial charge is 0.248 e. The van der Waals surface area contributed by atoms with Crippen LogP contribution in [0.2, 0.25) is 0 Å². The van der Waals surface area contributed by atoms with Crippen molar-refractivity contribution < 1.29 is 17.9 Å². The second-order valence-electron chi connectivity index (χ2n) is 0.772. The lowest BCUT2D eigenvalue weighted by Crippen LogP contribution is -1.86. The lowest BCUT2D eigenvalue weighted by Gasteiger charge is -1.91. The molecule has 3 heteroatoms. The van der Waals surface area contributed by atoms with E-state index in [0.717, 1.165) is 0 Å². The first kappa shape index (κ1) is 1.77. The molecule has 0 aliphatic heterocycles. The van der Waals surface area contributed by atoms with E-state index in [1.165, 1.54) is 0 Å². The van der Waals surface area contributed by atoms with Gasteiger partial charge in [-0.15, -0.1) is 13.1 Å². The van der Waals surface area contributed by atoms with Crippen LogP contribution in [0.25, 0.3) is 0 Å². The highest BCUT2D eigenvalue weighted by atomic mass is 33.1. The molecule has 0 saturated heterocycles. The van der Waals surface area contributed by atoms with Crippen LogP contribution in [-0.4, -0.2) is 15.6 Å². The summed E-state index contributed by atoms with van der Waals surface area (Å²) in [4.78, 5) is 0. The second-order valence-corrected chi connectivity index (χ2v) is 3.22. The molecule has 0 aromatic rings. The zero-order chi connectivity index (χ0) is 15.6. The summed E-state index contributed by atoms with van der Waals surface area (Å²) in [6.45, 7) is -2.33. The molecule has 0 aliphatic carbocycles. The van der Waals surface area contributed by atoms with Crippen LogP contribution in [0.5, 0.6) is 0 Å². The maximum absolute atomic E-state index is 11.7. The monoisotopic (exact) mass is 172 g/mol. The SMILES string of the molecule is [2H]C([2H])=C([2H])C([2H])([2H])SS(=O)C([2H])([2H])C([2H])=C([2H])[2H]. The molecule has 1 nitrogen and oxygen atoms in total. The van der Waals surface area contributed by atoms with Gasteiger partial charge in [-0.25, -0.2) is 4.21 Å². The van der Waals surface area contributed by atoms with E-state index in [4.69, 9.17) is 13.7 Å². The first-order valence-electron chi connectivity index (χ1n) is 6.74. The van der Waals surface area contributed by atoms with Crippen LogP contribution in [0.4, 0.5) is 0 Å². The molecule has 0 bridgehead atoms. The van der Waals surface area contributed by atoms with Gasteiger partial charge in [0.25, 0.3) is 0 Å². The standard InChI is InChI=1S/C6H10OS2/c1-3-5-8-9(7)6-4-2/h3-4H,1-2,5-6H2/i1D2,2D2,3D,4D,5D2,6D2. The molecule has 0 aromatic heterocycles. The van der Waals surface area contributed by atoms with Crippen LogP contribution in [0, 0.1) is 0 Å². The zero-order valence-corrected chi connectivity index (χ0v) is 5.86. The lowest BCUT2D eigenvalue weighted by atomic mass is 10.8. The van der Waals surface area contributed by atoms with E-state index in [1.54, 1.807) is 0 Å². The van der Waals surface area contributed by atoms with Gasteiger partial charge < -0.3 is 0 Å². The first-order valence-corrected chi connectivity index (χ1v) is 4.22. The Bertz CT molecular complexity index is 433. The van der Waals surface area contributed by atoms with Crippen LogP contribution < -0.4 is 0 Å². The topological polar surface area (TPSA) is 17.1 Å². The van der Waals surface area contributed by atoms with Crippen molar-refractivity contribution in [2.24, 2.45) is 0 Å². The molecule has 0 fully saturated rings. The molecule has 9 heavy (non-hydrogen) atoms. The van der Waals surface area contributed by atoms with Crippen molar-refractivity contribution in [3.63, 3.8) is 0 Å². The number of rotatable bonds is 5. The van der Waals surface area contributed by atoms with E-state index in [-0.39, 0.29) is 10.8 Å². The highest BCUT2D eigenvalue weighted by Gasteiger charge is 1.92. The summed E-state index contributed by atoms with van der Waals surface area (Å²) >= 11 is 0. The third-order valence-corrected chi connectivity index (χ3v) is 1.86. The highest BCUT2D eigenvalue weighted by molar-refractivity contribution is 8.69. The van der Waals surface area contributed by atoms with E-state index in [0.29, 0.717) is 0 Å². The minimum absolute atomic E-state index is 0.185. The maximum atomic E-state index is 11.7. The van der Waals surface area contributed by atoms with E-state index in [9.17, 15) is 4.21 Å². The summed E-state index contributed by atoms with van der Waals surface area (Å²) in [5.41, 5.74) is -5.69. The van der Waals surface area contributed by atoms with Gasteiger partial charge in [0, 0.05) is 11.2 Å². The van der Waals surface area contributed by atoms with Crippen molar-refractivity contribution in [2.45, 2.75) is 0 Å². The minimum Gasteiger partial charge on any atom is -0.248 e. The lowest BCUT2D eigenvalue weighted by molar-refractivity contribution is 0.693. The van der Waals surface area contributed by atoms with Crippen molar-refractivity contribution in [2.75, 3.05) is 11.4 Å². The third-order valence-electron chi connectivity index (χ3n) is 0.303. The van der Waals surface area contributed by atoms with Gasteiger partial charge in [0.15, 0.2) is 0 Å². The van der Waals surface area contributed by atoms with Gasteiger partial charge in [-0.1, -0.05) is 22.9 Å². The average Bonchev–Trinajstić information content (AvgIpc) is 2.25. The van der Waals surface area contributed by atoms with E-state index >= 15 is 0 Å². The summed E-state index contributed by atoms with van der Waals surface area (Å²) in [6, 6.07) is -2.27. The number of hydrogen-bond acceptors (Lipinski definition) is 2. The summed E-state index contributed by atoms with van der Waals surface area (Å²) in [6.07, 6.45) is 0. The van der Waals surface area contributed by atoms with Crippen LogP contribution in [0.15, 0.2) is 25.2 Å². The van der Waals surface area contributed by atoms with Crippen LogP contribution >= 0.6 is 10.8 Å². The molecule has 0 aromatic carbocycles. The molecule has 0 rings (SSSR count). The first-order chi connectivity index (χ1) is 8.34. The summed E-state index contributed by atoms with van der Waals surface area (Å²) < 4.78 is 82.4. The Hall–Kier alpha value is -0.0200. The van der Waals surface area contributed by atoms with Gasteiger partial charge in [0.2, 0.25) is 0 Å². The summed E-state index contributed by atoms with van der Waals surface area (Å²) in [5.74, 6) is 0. The quantitative estimate of drug-likeness (QED) is 0.464. The smallest absolute Gasteiger partial charge is 0.0845 e. The van der Waals surface area contributed by atoms with E-state index in [2.05, 4.69) is 0 Å². The molecule has 52 valence electrons. The Morgan fingerprint density at radius 3 is 3.33 bits per heavy atom. The predicted molar refractivity (Wildman–Crippen MR) is 45.9 cm³/mol. The fourth-order valence-corrected chi connectivity index (χ4v) is 0.966. The molecule has 0 saturated carbocycles. The molecule has 0 aliphatic rings.